The topological polar surface area (TPSA) is 107 Å². The summed E-state index contributed by atoms with van der Waals surface area (Å²) < 4.78 is 63.2. The number of ether oxygens (including phenoxy) is 2. The van der Waals surface area contributed by atoms with Crippen LogP contribution in [-0.4, -0.2) is 97.7 Å². The summed E-state index contributed by atoms with van der Waals surface area (Å²) in [4.78, 5) is 0. The molecule has 0 aromatic rings. The lowest BCUT2D eigenvalue weighted by molar-refractivity contribution is -0.870. The summed E-state index contributed by atoms with van der Waals surface area (Å²) in [5.74, 6) is 0.351. The first-order valence-electron chi connectivity index (χ1n) is 18.7. The number of nitrogens with zero attached hydrogens (tertiary/aromatic N) is 1. The molecular weight excluding hydrogens is 623 g/mol. The maximum atomic E-state index is 12.5. The average molecular weight is 701 g/mol. The van der Waals surface area contributed by atoms with Gasteiger partial charge >= 0.3 is 0 Å². The maximum Gasteiger partial charge on any atom is 0.261 e. The molecule has 0 fully saturated rings. The number of unbranched alkanes of at least 4 members (excludes halogenated alkanes) is 22. The molecule has 1 atom stereocenters. The number of sulfone groups is 1. The molecule has 46 heavy (non-hydrogen) atoms. The van der Waals surface area contributed by atoms with Gasteiger partial charge in [-0.05, 0) is 25.7 Å². The molecule has 0 aliphatic rings. The van der Waals surface area contributed by atoms with Gasteiger partial charge in [0.15, 0.2) is 9.84 Å². The van der Waals surface area contributed by atoms with Gasteiger partial charge in [-0.1, -0.05) is 135 Å². The second kappa shape index (κ2) is 32.0. The van der Waals surface area contributed by atoms with Crippen LogP contribution >= 0.6 is 0 Å². The quantitative estimate of drug-likeness (QED) is 0.0414. The molecule has 8 nitrogen and oxygen atoms in total. The highest BCUT2D eigenvalue weighted by Crippen LogP contribution is 2.14. The SMILES string of the molecule is CCCCCCCCCCCCCCCCCCOCC(CS(=O)(=O)CCCCCCCCCC[N+](C)(C)C)OC.CS(=O)(=O)O. The standard InChI is InChI=1S/C35H74NO4S.CH4O3S/c1-6-7-8-9-10-11-12-13-14-15-16-17-19-22-25-28-31-40-33-35(39-5)34-41(37,38)32-29-26-23-20-18-21-24-27-30-36(2,3)4;1-5(2,3)4/h35H,6-34H2,1-5H3;1H3,(H,2,3,4)/q+1;. The number of quaternary nitrogens is 1. The minimum absolute atomic E-state index is 0.0781. The molecule has 0 aliphatic carbocycles. The summed E-state index contributed by atoms with van der Waals surface area (Å²) in [6, 6.07) is 0. The Morgan fingerprint density at radius 3 is 1.30 bits per heavy atom. The average Bonchev–Trinajstić information content (AvgIpc) is 2.95. The van der Waals surface area contributed by atoms with Gasteiger partial charge in [0.05, 0.1) is 58.2 Å². The highest BCUT2D eigenvalue weighted by Gasteiger charge is 2.19. The summed E-state index contributed by atoms with van der Waals surface area (Å²) in [5, 5.41) is 0. The fourth-order valence-corrected chi connectivity index (χ4v) is 7.10. The molecule has 1 N–H and O–H groups in total. The van der Waals surface area contributed by atoms with E-state index in [1.165, 1.54) is 135 Å². The summed E-state index contributed by atoms with van der Waals surface area (Å²) in [6.45, 7) is 4.60. The van der Waals surface area contributed by atoms with Crippen LogP contribution in [0.4, 0.5) is 0 Å². The Bertz CT molecular complexity index is 835. The van der Waals surface area contributed by atoms with Gasteiger partial charge in [-0.3, -0.25) is 4.55 Å². The molecule has 0 spiro atoms. The number of methoxy groups -OCH3 is 1. The molecule has 10 heteroatoms. The highest BCUT2D eigenvalue weighted by molar-refractivity contribution is 7.91. The van der Waals surface area contributed by atoms with Crippen LogP contribution in [0.5, 0.6) is 0 Å². The van der Waals surface area contributed by atoms with E-state index in [-0.39, 0.29) is 17.6 Å². The molecule has 0 bridgehead atoms. The van der Waals surface area contributed by atoms with Crippen LogP contribution in [0.2, 0.25) is 0 Å². The Morgan fingerprint density at radius 1 is 0.587 bits per heavy atom. The van der Waals surface area contributed by atoms with E-state index < -0.39 is 20.0 Å². The summed E-state index contributed by atoms with van der Waals surface area (Å²) in [5.41, 5.74) is 0. The first kappa shape index (κ1) is 47.9. The Labute approximate surface area is 287 Å². The van der Waals surface area contributed by atoms with Gasteiger partial charge in [-0.25, -0.2) is 8.42 Å². The normalized spacial score (nSPS) is 13.0. The van der Waals surface area contributed by atoms with E-state index >= 15 is 0 Å². The smallest absolute Gasteiger partial charge is 0.261 e. The van der Waals surface area contributed by atoms with Gasteiger partial charge in [0, 0.05) is 13.7 Å². The van der Waals surface area contributed by atoms with E-state index in [9.17, 15) is 16.8 Å². The van der Waals surface area contributed by atoms with Crippen LogP contribution < -0.4 is 0 Å². The van der Waals surface area contributed by atoms with E-state index in [1.54, 1.807) is 7.11 Å². The van der Waals surface area contributed by atoms with Crippen LogP contribution in [0.15, 0.2) is 0 Å². The Morgan fingerprint density at radius 2 is 0.935 bits per heavy atom. The second-order valence-corrected chi connectivity index (χ2v) is 18.1. The number of hydrogen-bond donors (Lipinski definition) is 1. The van der Waals surface area contributed by atoms with Crippen LogP contribution in [0, 0.1) is 0 Å². The zero-order valence-corrected chi connectivity index (χ0v) is 32.9. The fourth-order valence-electron chi connectivity index (χ4n) is 5.49. The van der Waals surface area contributed by atoms with Gasteiger partial charge in [0.2, 0.25) is 0 Å². The van der Waals surface area contributed by atoms with Crippen molar-refractivity contribution < 1.29 is 35.3 Å². The molecular formula is C36H78NO7S2+. The first-order valence-corrected chi connectivity index (χ1v) is 22.4. The van der Waals surface area contributed by atoms with Crippen LogP contribution in [0.3, 0.4) is 0 Å². The Balaban J connectivity index is 0. The minimum Gasteiger partial charge on any atom is -0.379 e. The molecule has 0 rings (SSSR count). The largest absolute Gasteiger partial charge is 0.379 e. The van der Waals surface area contributed by atoms with Crippen LogP contribution in [-0.2, 0) is 29.4 Å². The molecule has 0 aromatic heterocycles. The van der Waals surface area contributed by atoms with Crippen molar-refractivity contribution in [2.24, 2.45) is 0 Å². The molecule has 0 radical (unpaired) electrons. The van der Waals surface area contributed by atoms with Crippen molar-refractivity contribution in [3.8, 4) is 0 Å². The van der Waals surface area contributed by atoms with E-state index in [2.05, 4.69) is 28.1 Å². The lowest BCUT2D eigenvalue weighted by Crippen LogP contribution is -2.35. The van der Waals surface area contributed by atoms with Crippen molar-refractivity contribution in [1.29, 1.82) is 0 Å². The maximum absolute atomic E-state index is 12.5. The zero-order chi connectivity index (χ0) is 35.0. The van der Waals surface area contributed by atoms with Crippen molar-refractivity contribution in [2.75, 3.05) is 65.8 Å². The second-order valence-electron chi connectivity index (χ2n) is 14.4. The van der Waals surface area contributed by atoms with Crippen molar-refractivity contribution in [1.82, 2.24) is 0 Å². The van der Waals surface area contributed by atoms with E-state index in [1.807, 2.05) is 0 Å². The van der Waals surface area contributed by atoms with Crippen molar-refractivity contribution in [3.63, 3.8) is 0 Å². The molecule has 0 aliphatic heterocycles. The summed E-state index contributed by atoms with van der Waals surface area (Å²) in [6.07, 6.45) is 31.4. The van der Waals surface area contributed by atoms with E-state index in [4.69, 9.17) is 14.0 Å². The number of rotatable bonds is 33. The molecule has 0 saturated heterocycles. The Kier molecular flexibility index (Phi) is 33.3. The Hall–Kier alpha value is -0.260. The third-order valence-electron chi connectivity index (χ3n) is 8.25. The third kappa shape index (κ3) is 45.9. The van der Waals surface area contributed by atoms with E-state index in [0.717, 1.165) is 30.2 Å². The van der Waals surface area contributed by atoms with Crippen molar-refractivity contribution >= 4 is 20.0 Å². The van der Waals surface area contributed by atoms with Gasteiger partial charge in [-0.2, -0.15) is 8.42 Å². The van der Waals surface area contributed by atoms with E-state index in [0.29, 0.717) is 19.5 Å². The van der Waals surface area contributed by atoms with Gasteiger partial charge in [0.25, 0.3) is 10.1 Å². The zero-order valence-electron chi connectivity index (χ0n) is 31.2. The predicted molar refractivity (Wildman–Crippen MR) is 197 cm³/mol. The molecule has 0 heterocycles. The molecule has 0 aromatic carbocycles. The lowest BCUT2D eigenvalue weighted by Gasteiger charge is -2.23. The summed E-state index contributed by atoms with van der Waals surface area (Å²) in [7, 11) is 1.58. The van der Waals surface area contributed by atoms with Gasteiger partial charge < -0.3 is 14.0 Å². The van der Waals surface area contributed by atoms with Crippen LogP contribution in [0.1, 0.15) is 161 Å². The molecule has 0 saturated carbocycles. The van der Waals surface area contributed by atoms with Crippen molar-refractivity contribution in [3.05, 3.63) is 0 Å². The van der Waals surface area contributed by atoms with Gasteiger partial charge in [0.1, 0.15) is 0 Å². The van der Waals surface area contributed by atoms with Gasteiger partial charge in [-0.15, -0.1) is 0 Å². The fraction of sp³-hybridized carbons (Fsp3) is 1.00. The minimum atomic E-state index is -3.67. The third-order valence-corrected chi connectivity index (χ3v) is 10.0. The van der Waals surface area contributed by atoms with Crippen LogP contribution in [0.25, 0.3) is 0 Å². The van der Waals surface area contributed by atoms with Crippen molar-refractivity contribution in [2.45, 2.75) is 167 Å². The predicted octanol–water partition coefficient (Wildman–Crippen LogP) is 9.03. The first-order chi connectivity index (χ1) is 21.7. The lowest BCUT2D eigenvalue weighted by atomic mass is 10.0. The number of hydrogen-bond acceptors (Lipinski definition) is 6. The monoisotopic (exact) mass is 701 g/mol. The molecule has 0 amide bonds. The molecule has 280 valence electrons. The molecule has 1 unspecified atom stereocenters. The summed E-state index contributed by atoms with van der Waals surface area (Å²) >= 11 is 0. The highest BCUT2D eigenvalue weighted by atomic mass is 32.2.